The van der Waals surface area contributed by atoms with E-state index in [-0.39, 0.29) is 0 Å². The van der Waals surface area contributed by atoms with Crippen molar-refractivity contribution in [3.63, 3.8) is 0 Å². The average Bonchev–Trinajstić information content (AvgIpc) is 2.33. The molecule has 0 atom stereocenters. The van der Waals surface area contributed by atoms with Gasteiger partial charge in [-0.1, -0.05) is 43.7 Å². The molecule has 78 valence electrons. The van der Waals surface area contributed by atoms with Crippen LogP contribution in [0.15, 0.2) is 43.0 Å². The Morgan fingerprint density at radius 2 is 1.60 bits per heavy atom. The van der Waals surface area contributed by atoms with Gasteiger partial charge in [-0.2, -0.15) is 0 Å². The number of nitrogens with zero attached hydrogens (tertiary/aromatic N) is 2. The summed E-state index contributed by atoms with van der Waals surface area (Å²) in [4.78, 5) is 7.96. The molecule has 2 nitrogen and oxygen atoms in total. The second-order valence-corrected chi connectivity index (χ2v) is 3.00. The van der Waals surface area contributed by atoms with Crippen LogP contribution in [-0.2, 0) is 0 Å². The van der Waals surface area contributed by atoms with Crippen LogP contribution < -0.4 is 0 Å². The summed E-state index contributed by atoms with van der Waals surface area (Å²) >= 11 is 0. The van der Waals surface area contributed by atoms with Crippen molar-refractivity contribution in [3.8, 4) is 11.1 Å². The third kappa shape index (κ3) is 3.17. The van der Waals surface area contributed by atoms with Gasteiger partial charge in [0.25, 0.3) is 0 Å². The summed E-state index contributed by atoms with van der Waals surface area (Å²) in [6, 6.07) is 8.30. The van der Waals surface area contributed by atoms with Crippen molar-refractivity contribution in [2.75, 3.05) is 0 Å². The highest BCUT2D eigenvalue weighted by atomic mass is 14.8. The minimum absolute atomic E-state index is 1.06. The zero-order chi connectivity index (χ0) is 11.1. The van der Waals surface area contributed by atoms with Gasteiger partial charge in [0.1, 0.15) is 6.33 Å². The minimum Gasteiger partial charge on any atom is -0.244 e. The van der Waals surface area contributed by atoms with Crippen molar-refractivity contribution in [3.05, 3.63) is 48.5 Å². The van der Waals surface area contributed by atoms with E-state index in [1.807, 2.05) is 32.3 Å². The highest BCUT2D eigenvalue weighted by molar-refractivity contribution is 5.61. The Kier molecular flexibility index (Phi) is 4.48. The van der Waals surface area contributed by atoms with E-state index in [4.69, 9.17) is 0 Å². The molecule has 0 amide bonds. The fourth-order valence-electron chi connectivity index (χ4n) is 1.27. The summed E-state index contributed by atoms with van der Waals surface area (Å²) in [6.07, 6.45) is 5.18. The first-order valence-electron chi connectivity index (χ1n) is 5.18. The summed E-state index contributed by atoms with van der Waals surface area (Å²) in [5.74, 6) is 0. The third-order valence-electron chi connectivity index (χ3n) is 1.91. The zero-order valence-electron chi connectivity index (χ0n) is 9.44. The van der Waals surface area contributed by atoms with Crippen molar-refractivity contribution in [1.29, 1.82) is 0 Å². The first kappa shape index (κ1) is 11.4. The molecule has 0 unspecified atom stereocenters. The highest BCUT2D eigenvalue weighted by Gasteiger charge is 1.96. The molecule has 0 saturated heterocycles. The lowest BCUT2D eigenvalue weighted by molar-refractivity contribution is 1.17. The third-order valence-corrected chi connectivity index (χ3v) is 1.91. The molecule has 0 aliphatic carbocycles. The van der Waals surface area contributed by atoms with E-state index in [9.17, 15) is 0 Å². The fraction of sp³-hybridized carbons (Fsp3) is 0.231. The standard InChI is InChI=1S/C11H10N2.C2H6/c1-9-3-2-4-10(5-9)11-6-12-8-13-7-11;1-2/h2-8H,1H3;1-2H3. The number of hydrogen-bond donors (Lipinski definition) is 0. The molecule has 1 aromatic heterocycles. The van der Waals surface area contributed by atoms with E-state index >= 15 is 0 Å². The number of hydrogen-bond acceptors (Lipinski definition) is 2. The van der Waals surface area contributed by atoms with Gasteiger partial charge < -0.3 is 0 Å². The molecule has 1 heterocycles. The molecule has 0 saturated carbocycles. The van der Waals surface area contributed by atoms with Crippen LogP contribution in [0.5, 0.6) is 0 Å². The van der Waals surface area contributed by atoms with Crippen LogP contribution in [-0.4, -0.2) is 9.97 Å². The first-order valence-corrected chi connectivity index (χ1v) is 5.18. The van der Waals surface area contributed by atoms with E-state index in [1.165, 1.54) is 11.1 Å². The van der Waals surface area contributed by atoms with Crippen LogP contribution in [0.1, 0.15) is 19.4 Å². The smallest absolute Gasteiger partial charge is 0.115 e. The van der Waals surface area contributed by atoms with Crippen molar-refractivity contribution >= 4 is 0 Å². The molecular weight excluding hydrogens is 184 g/mol. The predicted octanol–water partition coefficient (Wildman–Crippen LogP) is 3.48. The first-order chi connectivity index (χ1) is 7.36. The molecule has 0 bridgehead atoms. The lowest BCUT2D eigenvalue weighted by atomic mass is 10.1. The Hall–Kier alpha value is -1.70. The quantitative estimate of drug-likeness (QED) is 0.704. The number of aromatic nitrogens is 2. The van der Waals surface area contributed by atoms with Crippen molar-refractivity contribution < 1.29 is 0 Å². The Morgan fingerprint density at radius 1 is 0.933 bits per heavy atom. The highest BCUT2D eigenvalue weighted by Crippen LogP contribution is 2.17. The summed E-state index contributed by atoms with van der Waals surface area (Å²) in [6.45, 7) is 6.08. The number of aryl methyl sites for hydroxylation is 1. The Labute approximate surface area is 91.0 Å². The van der Waals surface area contributed by atoms with Crippen LogP contribution in [0, 0.1) is 6.92 Å². The molecule has 2 aromatic rings. The van der Waals surface area contributed by atoms with Crippen LogP contribution in [0.25, 0.3) is 11.1 Å². The van der Waals surface area contributed by atoms with Gasteiger partial charge in [0.2, 0.25) is 0 Å². The molecule has 1 aromatic carbocycles. The minimum atomic E-state index is 1.06. The molecule has 0 N–H and O–H groups in total. The summed E-state index contributed by atoms with van der Waals surface area (Å²) in [5.41, 5.74) is 3.48. The van der Waals surface area contributed by atoms with Gasteiger partial charge in [-0.3, -0.25) is 0 Å². The van der Waals surface area contributed by atoms with E-state index in [1.54, 1.807) is 6.33 Å². The molecule has 2 rings (SSSR count). The normalized spacial score (nSPS) is 9.00. The maximum absolute atomic E-state index is 3.98. The number of benzene rings is 1. The predicted molar refractivity (Wildman–Crippen MR) is 63.6 cm³/mol. The maximum Gasteiger partial charge on any atom is 0.115 e. The van der Waals surface area contributed by atoms with Gasteiger partial charge in [0.05, 0.1) is 0 Å². The van der Waals surface area contributed by atoms with Gasteiger partial charge in [-0.15, -0.1) is 0 Å². The van der Waals surface area contributed by atoms with E-state index in [0.29, 0.717) is 0 Å². The second kappa shape index (κ2) is 5.91. The summed E-state index contributed by atoms with van der Waals surface area (Å²) < 4.78 is 0. The van der Waals surface area contributed by atoms with E-state index in [0.717, 1.165) is 5.56 Å². The molecule has 0 spiro atoms. The van der Waals surface area contributed by atoms with Gasteiger partial charge in [0, 0.05) is 18.0 Å². The van der Waals surface area contributed by atoms with Crippen LogP contribution in [0.4, 0.5) is 0 Å². The second-order valence-electron chi connectivity index (χ2n) is 3.00. The van der Waals surface area contributed by atoms with Gasteiger partial charge >= 0.3 is 0 Å². The SMILES string of the molecule is CC.Cc1cccc(-c2cncnc2)c1. The summed E-state index contributed by atoms with van der Waals surface area (Å²) in [5, 5.41) is 0. The van der Waals surface area contributed by atoms with Gasteiger partial charge in [-0.25, -0.2) is 9.97 Å². The summed E-state index contributed by atoms with van der Waals surface area (Å²) in [7, 11) is 0. The largest absolute Gasteiger partial charge is 0.244 e. The molecule has 0 aliphatic rings. The molecule has 0 aliphatic heterocycles. The zero-order valence-corrected chi connectivity index (χ0v) is 9.44. The van der Waals surface area contributed by atoms with Crippen molar-refractivity contribution in [2.24, 2.45) is 0 Å². The maximum atomic E-state index is 3.98. The monoisotopic (exact) mass is 200 g/mol. The van der Waals surface area contributed by atoms with E-state index in [2.05, 4.69) is 35.1 Å². The average molecular weight is 200 g/mol. The van der Waals surface area contributed by atoms with Gasteiger partial charge in [0.15, 0.2) is 0 Å². The Bertz CT molecular complexity index is 396. The van der Waals surface area contributed by atoms with Crippen LogP contribution in [0.2, 0.25) is 0 Å². The van der Waals surface area contributed by atoms with E-state index < -0.39 is 0 Å². The molecule has 0 radical (unpaired) electrons. The van der Waals surface area contributed by atoms with Gasteiger partial charge in [-0.05, 0) is 12.5 Å². The van der Waals surface area contributed by atoms with Crippen molar-refractivity contribution in [1.82, 2.24) is 9.97 Å². The lowest BCUT2D eigenvalue weighted by Crippen LogP contribution is -1.82. The molecular formula is C13H16N2. The molecule has 15 heavy (non-hydrogen) atoms. The Morgan fingerprint density at radius 3 is 2.20 bits per heavy atom. The van der Waals surface area contributed by atoms with Crippen molar-refractivity contribution in [2.45, 2.75) is 20.8 Å². The Balaban J connectivity index is 0.000000531. The number of rotatable bonds is 1. The molecule has 0 fully saturated rings. The fourth-order valence-corrected chi connectivity index (χ4v) is 1.27. The van der Waals surface area contributed by atoms with Crippen LogP contribution >= 0.6 is 0 Å². The lowest BCUT2D eigenvalue weighted by Gasteiger charge is -2.00. The van der Waals surface area contributed by atoms with Crippen LogP contribution in [0.3, 0.4) is 0 Å². The topological polar surface area (TPSA) is 25.8 Å². The molecule has 2 heteroatoms.